The predicted molar refractivity (Wildman–Crippen MR) is 66.1 cm³/mol. The van der Waals surface area contributed by atoms with Crippen molar-refractivity contribution in [2.75, 3.05) is 0 Å². The van der Waals surface area contributed by atoms with E-state index in [1.165, 1.54) is 6.07 Å². The molecule has 0 bridgehead atoms. The van der Waals surface area contributed by atoms with Crippen molar-refractivity contribution in [3.05, 3.63) is 64.7 Å². The topological polar surface area (TPSA) is 9.23 Å². The summed E-state index contributed by atoms with van der Waals surface area (Å²) in [6.07, 6.45) is -4.40. The van der Waals surface area contributed by atoms with E-state index < -0.39 is 11.7 Å². The van der Waals surface area contributed by atoms with Gasteiger partial charge < -0.3 is 4.74 Å². The molecule has 0 aliphatic heterocycles. The molecular weight excluding hydrogens is 277 g/mol. The van der Waals surface area contributed by atoms with Crippen LogP contribution in [0, 0.1) is 6.07 Å². The lowest BCUT2D eigenvalue weighted by atomic mass is 10.2. The molecule has 1 nitrogen and oxygen atoms in total. The zero-order valence-corrected chi connectivity index (χ0v) is 10.4. The molecule has 2 aromatic rings. The minimum atomic E-state index is -4.40. The van der Waals surface area contributed by atoms with E-state index in [0.29, 0.717) is 10.6 Å². The summed E-state index contributed by atoms with van der Waals surface area (Å²) in [6.45, 7) is 0.106. The maximum atomic E-state index is 12.5. The van der Waals surface area contributed by atoms with E-state index in [9.17, 15) is 13.2 Å². The van der Waals surface area contributed by atoms with Crippen LogP contribution in [0.4, 0.5) is 13.2 Å². The second-order valence-corrected chi connectivity index (χ2v) is 4.24. The van der Waals surface area contributed by atoms with E-state index >= 15 is 0 Å². The highest BCUT2D eigenvalue weighted by atomic mass is 35.5. The van der Waals surface area contributed by atoms with Crippen molar-refractivity contribution in [3.8, 4) is 5.75 Å². The van der Waals surface area contributed by atoms with Crippen LogP contribution in [-0.4, -0.2) is 0 Å². The first-order valence-electron chi connectivity index (χ1n) is 5.41. The fraction of sp³-hybridized carbons (Fsp3) is 0.143. The van der Waals surface area contributed by atoms with E-state index in [2.05, 4.69) is 6.07 Å². The molecule has 1 radical (unpaired) electrons. The highest BCUT2D eigenvalue weighted by Gasteiger charge is 2.30. The van der Waals surface area contributed by atoms with Gasteiger partial charge in [-0.3, -0.25) is 0 Å². The van der Waals surface area contributed by atoms with Crippen molar-refractivity contribution in [1.29, 1.82) is 0 Å². The summed E-state index contributed by atoms with van der Waals surface area (Å²) in [6, 6.07) is 12.6. The molecule has 0 spiro atoms. The number of ether oxygens (including phenoxy) is 1. The Hall–Kier alpha value is -1.68. The Morgan fingerprint density at radius 1 is 1.16 bits per heavy atom. The monoisotopic (exact) mass is 285 g/mol. The van der Waals surface area contributed by atoms with Crippen molar-refractivity contribution in [2.45, 2.75) is 12.8 Å². The van der Waals surface area contributed by atoms with Gasteiger partial charge in [0.05, 0.1) is 5.56 Å². The molecule has 2 aromatic carbocycles. The van der Waals surface area contributed by atoms with Crippen LogP contribution in [0.2, 0.25) is 5.02 Å². The van der Waals surface area contributed by atoms with Crippen LogP contribution in [0.5, 0.6) is 5.75 Å². The molecule has 19 heavy (non-hydrogen) atoms. The van der Waals surface area contributed by atoms with Gasteiger partial charge in [-0.05, 0) is 30.3 Å². The van der Waals surface area contributed by atoms with Crippen LogP contribution in [0.15, 0.2) is 42.5 Å². The van der Waals surface area contributed by atoms with Crippen molar-refractivity contribution in [2.24, 2.45) is 0 Å². The van der Waals surface area contributed by atoms with E-state index in [0.717, 1.165) is 12.1 Å². The van der Waals surface area contributed by atoms with Gasteiger partial charge in [0.15, 0.2) is 0 Å². The maximum absolute atomic E-state index is 12.5. The van der Waals surface area contributed by atoms with Gasteiger partial charge in [-0.1, -0.05) is 29.8 Å². The highest BCUT2D eigenvalue weighted by molar-refractivity contribution is 6.31. The van der Waals surface area contributed by atoms with Crippen molar-refractivity contribution in [1.82, 2.24) is 0 Å². The van der Waals surface area contributed by atoms with Gasteiger partial charge in [-0.15, -0.1) is 0 Å². The number of alkyl halides is 3. The normalized spacial score (nSPS) is 11.4. The van der Waals surface area contributed by atoms with Gasteiger partial charge in [0.25, 0.3) is 0 Å². The van der Waals surface area contributed by atoms with Crippen LogP contribution in [0.1, 0.15) is 11.1 Å². The Kier molecular flexibility index (Phi) is 4.00. The van der Waals surface area contributed by atoms with E-state index in [-0.39, 0.29) is 12.4 Å². The first-order valence-corrected chi connectivity index (χ1v) is 5.79. The largest absolute Gasteiger partial charge is 0.489 e. The first-order chi connectivity index (χ1) is 8.97. The molecular formula is C14H9ClF3O. The number of rotatable bonds is 3. The van der Waals surface area contributed by atoms with Crippen molar-refractivity contribution >= 4 is 11.6 Å². The van der Waals surface area contributed by atoms with Gasteiger partial charge in [-0.2, -0.15) is 13.2 Å². The van der Waals surface area contributed by atoms with Crippen molar-refractivity contribution < 1.29 is 17.9 Å². The van der Waals surface area contributed by atoms with Gasteiger partial charge >= 0.3 is 6.18 Å². The smallest absolute Gasteiger partial charge is 0.416 e. The van der Waals surface area contributed by atoms with E-state index in [1.807, 2.05) is 0 Å². The maximum Gasteiger partial charge on any atom is 0.416 e. The van der Waals surface area contributed by atoms with Crippen LogP contribution in [0.3, 0.4) is 0 Å². The first kappa shape index (κ1) is 13.7. The summed E-state index contributed by atoms with van der Waals surface area (Å²) < 4.78 is 42.8. The molecule has 0 saturated heterocycles. The third kappa shape index (κ3) is 3.64. The minimum Gasteiger partial charge on any atom is -0.489 e. The molecule has 0 amide bonds. The summed E-state index contributed by atoms with van der Waals surface area (Å²) in [7, 11) is 0. The summed E-state index contributed by atoms with van der Waals surface area (Å²) >= 11 is 5.93. The van der Waals surface area contributed by atoms with Gasteiger partial charge in [0.2, 0.25) is 0 Å². The molecule has 5 heteroatoms. The number of hydrogen-bond donors (Lipinski definition) is 0. The minimum absolute atomic E-state index is 0.106. The molecule has 0 unspecified atom stereocenters. The number of benzene rings is 2. The molecule has 0 atom stereocenters. The molecule has 99 valence electrons. The zero-order valence-electron chi connectivity index (χ0n) is 9.67. The Morgan fingerprint density at radius 3 is 2.58 bits per heavy atom. The Balaban J connectivity index is 2.10. The average molecular weight is 286 g/mol. The molecule has 0 aliphatic carbocycles. The third-order valence-corrected chi connectivity index (χ3v) is 2.81. The molecule has 0 aliphatic rings. The van der Waals surface area contributed by atoms with E-state index in [1.54, 1.807) is 24.3 Å². The quantitative estimate of drug-likeness (QED) is 0.791. The molecule has 2 rings (SSSR count). The molecule has 0 aromatic heterocycles. The summed E-state index contributed by atoms with van der Waals surface area (Å²) in [5, 5.41) is 0.512. The lowest BCUT2D eigenvalue weighted by Crippen LogP contribution is -2.05. The molecule has 0 fully saturated rings. The van der Waals surface area contributed by atoms with E-state index in [4.69, 9.17) is 16.3 Å². The second-order valence-electron chi connectivity index (χ2n) is 3.84. The van der Waals surface area contributed by atoms with Crippen LogP contribution in [0.25, 0.3) is 0 Å². The fourth-order valence-corrected chi connectivity index (χ4v) is 1.66. The van der Waals surface area contributed by atoms with Crippen LogP contribution < -0.4 is 4.74 Å². The summed E-state index contributed by atoms with van der Waals surface area (Å²) in [5.74, 6) is 0.106. The molecule has 0 saturated carbocycles. The Bertz CT molecular complexity index is 567. The Morgan fingerprint density at radius 2 is 1.89 bits per heavy atom. The lowest BCUT2D eigenvalue weighted by Gasteiger charge is -2.10. The van der Waals surface area contributed by atoms with Crippen molar-refractivity contribution in [3.63, 3.8) is 0 Å². The summed E-state index contributed by atoms with van der Waals surface area (Å²) in [4.78, 5) is 0. The fourth-order valence-electron chi connectivity index (χ4n) is 1.47. The van der Waals surface area contributed by atoms with Gasteiger partial charge in [0, 0.05) is 10.6 Å². The second kappa shape index (κ2) is 5.53. The standard InChI is InChI=1S/C14H9ClF3O/c15-13-7-2-1-4-10(13)9-19-12-6-3-5-11(8-12)14(16,17)18/h1-2,4-8H,9H2. The Labute approximate surface area is 113 Å². The molecule has 0 heterocycles. The van der Waals surface area contributed by atoms with Crippen LogP contribution in [-0.2, 0) is 12.8 Å². The van der Waals surface area contributed by atoms with Gasteiger partial charge in [-0.25, -0.2) is 0 Å². The highest BCUT2D eigenvalue weighted by Crippen LogP contribution is 2.31. The predicted octanol–water partition coefficient (Wildman–Crippen LogP) is 4.74. The zero-order chi connectivity index (χ0) is 13.9. The molecule has 0 N–H and O–H groups in total. The summed E-state index contributed by atoms with van der Waals surface area (Å²) in [5.41, 5.74) is -0.0780. The SMILES string of the molecule is FC(F)(F)c1c[c]cc(OCc2ccccc2Cl)c1. The average Bonchev–Trinajstić information content (AvgIpc) is 2.37. The number of hydrogen-bond acceptors (Lipinski definition) is 1. The number of halogens is 4. The van der Waals surface area contributed by atoms with Gasteiger partial charge in [0.1, 0.15) is 12.4 Å². The van der Waals surface area contributed by atoms with Crippen LogP contribution >= 0.6 is 11.6 Å². The lowest BCUT2D eigenvalue weighted by molar-refractivity contribution is -0.137. The third-order valence-electron chi connectivity index (χ3n) is 2.44.